The van der Waals surface area contributed by atoms with Gasteiger partial charge in [0.05, 0.1) is 13.0 Å². The number of phenolic OH excluding ortho intramolecular Hbond substituents is 1. The molecule has 1 aliphatic rings. The SMILES string of the molecule is COC(=O)[C@H]1CN(CC(OC)OC)C[C@@H]1c1ccc(O)cc1. The first-order chi connectivity index (χ1) is 10.6. The second-order valence-electron chi connectivity index (χ2n) is 5.45. The van der Waals surface area contributed by atoms with Crippen molar-refractivity contribution in [1.82, 2.24) is 4.90 Å². The molecule has 0 aromatic heterocycles. The molecule has 1 aromatic rings. The predicted molar refractivity (Wildman–Crippen MR) is 80.6 cm³/mol. The molecule has 0 saturated carbocycles. The van der Waals surface area contributed by atoms with E-state index >= 15 is 0 Å². The highest BCUT2D eigenvalue weighted by molar-refractivity contribution is 5.74. The van der Waals surface area contributed by atoms with Crippen LogP contribution in [0.2, 0.25) is 0 Å². The van der Waals surface area contributed by atoms with Gasteiger partial charge in [-0.25, -0.2) is 0 Å². The van der Waals surface area contributed by atoms with Gasteiger partial charge in [-0.3, -0.25) is 9.69 Å². The summed E-state index contributed by atoms with van der Waals surface area (Å²) < 4.78 is 15.4. The third-order valence-electron chi connectivity index (χ3n) is 4.15. The molecule has 0 radical (unpaired) electrons. The molecule has 1 aliphatic heterocycles. The first-order valence-corrected chi connectivity index (χ1v) is 7.23. The molecule has 0 spiro atoms. The van der Waals surface area contributed by atoms with Gasteiger partial charge in [0.2, 0.25) is 0 Å². The number of benzene rings is 1. The lowest BCUT2D eigenvalue weighted by Gasteiger charge is -2.21. The minimum atomic E-state index is -0.322. The molecular formula is C16H23NO5. The molecule has 2 rings (SSSR count). The Kier molecular flexibility index (Phi) is 5.76. The molecule has 1 saturated heterocycles. The van der Waals surface area contributed by atoms with E-state index in [1.165, 1.54) is 7.11 Å². The van der Waals surface area contributed by atoms with Crippen LogP contribution >= 0.6 is 0 Å². The van der Waals surface area contributed by atoms with E-state index in [1.54, 1.807) is 26.4 Å². The monoisotopic (exact) mass is 309 g/mol. The number of carbonyl (C=O) groups is 1. The fourth-order valence-corrected chi connectivity index (χ4v) is 2.94. The molecule has 6 heteroatoms. The maximum absolute atomic E-state index is 12.1. The fourth-order valence-electron chi connectivity index (χ4n) is 2.94. The molecule has 22 heavy (non-hydrogen) atoms. The van der Waals surface area contributed by atoms with Crippen molar-refractivity contribution in [2.45, 2.75) is 12.2 Å². The smallest absolute Gasteiger partial charge is 0.310 e. The van der Waals surface area contributed by atoms with E-state index in [1.807, 2.05) is 12.1 Å². The van der Waals surface area contributed by atoms with Crippen LogP contribution in [0.5, 0.6) is 5.75 Å². The number of methoxy groups -OCH3 is 3. The van der Waals surface area contributed by atoms with Gasteiger partial charge >= 0.3 is 5.97 Å². The number of nitrogens with zero attached hydrogens (tertiary/aromatic N) is 1. The van der Waals surface area contributed by atoms with Crippen LogP contribution < -0.4 is 0 Å². The first kappa shape index (κ1) is 16.7. The molecule has 0 unspecified atom stereocenters. The van der Waals surface area contributed by atoms with Gasteiger partial charge in [-0.15, -0.1) is 0 Å². The minimum Gasteiger partial charge on any atom is -0.508 e. The van der Waals surface area contributed by atoms with Crippen LogP contribution in [0.25, 0.3) is 0 Å². The van der Waals surface area contributed by atoms with Crippen LogP contribution in [-0.4, -0.2) is 63.2 Å². The van der Waals surface area contributed by atoms with Crippen molar-refractivity contribution >= 4 is 5.97 Å². The molecule has 122 valence electrons. The van der Waals surface area contributed by atoms with Gasteiger partial charge in [0.1, 0.15) is 5.75 Å². The molecule has 0 aliphatic carbocycles. The van der Waals surface area contributed by atoms with Crippen molar-refractivity contribution in [3.63, 3.8) is 0 Å². The number of aromatic hydroxyl groups is 1. The van der Waals surface area contributed by atoms with E-state index < -0.39 is 0 Å². The molecular weight excluding hydrogens is 286 g/mol. The third kappa shape index (κ3) is 3.76. The number of rotatable bonds is 6. The number of hydrogen-bond acceptors (Lipinski definition) is 6. The zero-order chi connectivity index (χ0) is 16.1. The maximum Gasteiger partial charge on any atom is 0.310 e. The molecule has 1 aromatic carbocycles. The second kappa shape index (κ2) is 7.58. The average molecular weight is 309 g/mol. The highest BCUT2D eigenvalue weighted by Gasteiger charge is 2.39. The number of phenols is 1. The second-order valence-corrected chi connectivity index (χ2v) is 5.45. The molecule has 1 N–H and O–H groups in total. The molecule has 0 bridgehead atoms. The number of ether oxygens (including phenoxy) is 3. The van der Waals surface area contributed by atoms with E-state index in [9.17, 15) is 9.90 Å². The molecule has 0 amide bonds. The molecule has 1 heterocycles. The summed E-state index contributed by atoms with van der Waals surface area (Å²) in [6, 6.07) is 6.98. The van der Waals surface area contributed by atoms with E-state index in [4.69, 9.17) is 14.2 Å². The normalized spacial score (nSPS) is 22.2. The van der Waals surface area contributed by atoms with Crippen molar-refractivity contribution < 1.29 is 24.1 Å². The van der Waals surface area contributed by atoms with E-state index in [0.29, 0.717) is 19.6 Å². The lowest BCUT2D eigenvalue weighted by Crippen LogP contribution is -2.33. The summed E-state index contributed by atoms with van der Waals surface area (Å²) in [5.74, 6) is -0.203. The summed E-state index contributed by atoms with van der Waals surface area (Å²) in [7, 11) is 4.60. The Balaban J connectivity index is 2.15. The maximum atomic E-state index is 12.1. The summed E-state index contributed by atoms with van der Waals surface area (Å²) in [5, 5.41) is 9.42. The van der Waals surface area contributed by atoms with Crippen molar-refractivity contribution in [1.29, 1.82) is 0 Å². The number of likely N-dealkylation sites (tertiary alicyclic amines) is 1. The first-order valence-electron chi connectivity index (χ1n) is 7.23. The van der Waals surface area contributed by atoms with Gasteiger partial charge in [0, 0.05) is 39.8 Å². The van der Waals surface area contributed by atoms with E-state index in [2.05, 4.69) is 4.90 Å². The van der Waals surface area contributed by atoms with E-state index in [-0.39, 0.29) is 29.8 Å². The zero-order valence-corrected chi connectivity index (χ0v) is 13.2. The van der Waals surface area contributed by atoms with Crippen LogP contribution in [0.1, 0.15) is 11.5 Å². The Morgan fingerprint density at radius 3 is 2.41 bits per heavy atom. The van der Waals surface area contributed by atoms with Crippen molar-refractivity contribution in [3.05, 3.63) is 29.8 Å². The Bertz CT molecular complexity index is 486. The van der Waals surface area contributed by atoms with Gasteiger partial charge in [-0.2, -0.15) is 0 Å². The van der Waals surface area contributed by atoms with Gasteiger partial charge < -0.3 is 19.3 Å². The van der Waals surface area contributed by atoms with Crippen LogP contribution in [-0.2, 0) is 19.0 Å². The van der Waals surface area contributed by atoms with Crippen molar-refractivity contribution in [2.24, 2.45) is 5.92 Å². The van der Waals surface area contributed by atoms with Gasteiger partial charge in [-0.1, -0.05) is 12.1 Å². The van der Waals surface area contributed by atoms with Crippen LogP contribution in [0, 0.1) is 5.92 Å². The van der Waals surface area contributed by atoms with Crippen LogP contribution in [0.4, 0.5) is 0 Å². The lowest BCUT2D eigenvalue weighted by atomic mass is 9.89. The van der Waals surface area contributed by atoms with E-state index in [0.717, 1.165) is 5.56 Å². The van der Waals surface area contributed by atoms with Gasteiger partial charge in [-0.05, 0) is 17.7 Å². The summed E-state index contributed by atoms with van der Waals surface area (Å²) in [6.07, 6.45) is -0.322. The van der Waals surface area contributed by atoms with Crippen molar-refractivity contribution in [3.8, 4) is 5.75 Å². The molecule has 2 atom stereocenters. The fraction of sp³-hybridized carbons (Fsp3) is 0.562. The number of carbonyl (C=O) groups excluding carboxylic acids is 1. The zero-order valence-electron chi connectivity index (χ0n) is 13.2. The predicted octanol–water partition coefficient (Wildman–Crippen LogP) is 1.20. The summed E-state index contributed by atoms with van der Waals surface area (Å²) in [4.78, 5) is 14.2. The Morgan fingerprint density at radius 1 is 1.23 bits per heavy atom. The van der Waals surface area contributed by atoms with Crippen molar-refractivity contribution in [2.75, 3.05) is 41.0 Å². The number of hydrogen-bond donors (Lipinski definition) is 1. The van der Waals surface area contributed by atoms with Gasteiger partial charge in [0.25, 0.3) is 0 Å². The lowest BCUT2D eigenvalue weighted by molar-refractivity contribution is -0.145. The Morgan fingerprint density at radius 2 is 1.86 bits per heavy atom. The minimum absolute atomic E-state index is 0.0300. The summed E-state index contributed by atoms with van der Waals surface area (Å²) in [6.45, 7) is 1.91. The molecule has 6 nitrogen and oxygen atoms in total. The number of esters is 1. The summed E-state index contributed by atoms with van der Waals surface area (Å²) in [5.41, 5.74) is 1.02. The van der Waals surface area contributed by atoms with Gasteiger partial charge in [0.15, 0.2) is 6.29 Å². The topological polar surface area (TPSA) is 68.2 Å². The van der Waals surface area contributed by atoms with Crippen LogP contribution in [0.3, 0.4) is 0 Å². The average Bonchev–Trinajstić information content (AvgIpc) is 2.96. The Labute approximate surface area is 130 Å². The quantitative estimate of drug-likeness (QED) is 0.629. The Hall–Kier alpha value is -1.63. The van der Waals surface area contributed by atoms with Crippen LogP contribution in [0.15, 0.2) is 24.3 Å². The molecule has 1 fully saturated rings. The highest BCUT2D eigenvalue weighted by Crippen LogP contribution is 2.34. The highest BCUT2D eigenvalue weighted by atomic mass is 16.7. The largest absolute Gasteiger partial charge is 0.508 e. The summed E-state index contributed by atoms with van der Waals surface area (Å²) >= 11 is 0. The standard InChI is InChI=1S/C16H23NO5/c1-20-15(21-2)10-17-8-13(14(9-17)16(19)22-3)11-4-6-12(18)7-5-11/h4-7,13-15,18H,8-10H2,1-3H3/t13-,14+/m1/s1. The third-order valence-corrected chi connectivity index (χ3v) is 4.15.